The highest BCUT2D eigenvalue weighted by atomic mass is 79.9. The fourth-order valence-corrected chi connectivity index (χ4v) is 5.65. The number of hydrogen-bond acceptors (Lipinski definition) is 6. The lowest BCUT2D eigenvalue weighted by Crippen LogP contribution is -2.51. The summed E-state index contributed by atoms with van der Waals surface area (Å²) in [7, 11) is 0. The lowest BCUT2D eigenvalue weighted by molar-refractivity contribution is -0.150. The molecular weight excluding hydrogens is 474 g/mol. The Bertz CT molecular complexity index is 1140. The molecule has 4 aliphatic rings. The highest BCUT2D eigenvalue weighted by molar-refractivity contribution is 9.10. The first-order valence-corrected chi connectivity index (χ1v) is 11.6. The van der Waals surface area contributed by atoms with Gasteiger partial charge in [-0.25, -0.2) is 4.79 Å². The molecule has 2 unspecified atom stereocenters. The van der Waals surface area contributed by atoms with Gasteiger partial charge in [-0.3, -0.25) is 4.90 Å². The minimum absolute atomic E-state index is 0.125. The van der Waals surface area contributed by atoms with Gasteiger partial charge in [0, 0.05) is 35.6 Å². The summed E-state index contributed by atoms with van der Waals surface area (Å²) in [5, 5.41) is 11.0. The molecule has 32 heavy (non-hydrogen) atoms. The van der Waals surface area contributed by atoms with Gasteiger partial charge in [0.15, 0.2) is 11.5 Å². The fraction of sp³-hybridized carbons (Fsp3) is 0.320. The van der Waals surface area contributed by atoms with Crippen LogP contribution in [0.3, 0.4) is 0 Å². The van der Waals surface area contributed by atoms with E-state index in [1.165, 1.54) is 11.6 Å². The summed E-state index contributed by atoms with van der Waals surface area (Å²) in [4.78, 5) is 15.1. The molecule has 0 amide bonds. The van der Waals surface area contributed by atoms with Gasteiger partial charge in [0.1, 0.15) is 12.2 Å². The van der Waals surface area contributed by atoms with Gasteiger partial charge >= 0.3 is 5.97 Å². The zero-order valence-corrected chi connectivity index (χ0v) is 18.8. The quantitative estimate of drug-likeness (QED) is 0.397. The number of aliphatic hydroxyl groups excluding tert-OH is 1. The van der Waals surface area contributed by atoms with Gasteiger partial charge < -0.3 is 19.3 Å². The molecule has 1 aliphatic carbocycles. The maximum Gasteiger partial charge on any atom is 0.331 e. The average molecular weight is 496 g/mol. The average Bonchev–Trinajstić information content (AvgIpc) is 3.41. The Labute approximate surface area is 194 Å². The fourth-order valence-electron chi connectivity index (χ4n) is 5.38. The third kappa shape index (κ3) is 3.36. The van der Waals surface area contributed by atoms with Crippen molar-refractivity contribution in [2.24, 2.45) is 0 Å². The van der Waals surface area contributed by atoms with Crippen molar-refractivity contribution in [1.29, 1.82) is 0 Å². The maximum atomic E-state index is 12.7. The Morgan fingerprint density at radius 1 is 1.19 bits per heavy atom. The van der Waals surface area contributed by atoms with Crippen LogP contribution in [0.1, 0.15) is 29.0 Å². The molecule has 0 radical (unpaired) electrons. The van der Waals surface area contributed by atoms with Crippen LogP contribution in [0.4, 0.5) is 0 Å². The number of benzene rings is 2. The third-order valence-electron chi connectivity index (χ3n) is 6.78. The van der Waals surface area contributed by atoms with Crippen molar-refractivity contribution in [1.82, 2.24) is 4.90 Å². The van der Waals surface area contributed by atoms with E-state index in [-0.39, 0.29) is 18.8 Å². The summed E-state index contributed by atoms with van der Waals surface area (Å²) < 4.78 is 18.1. The Balaban J connectivity index is 1.32. The number of ether oxygens (including phenoxy) is 3. The van der Waals surface area contributed by atoms with E-state index in [1.54, 1.807) is 6.08 Å². The Hall–Kier alpha value is -2.61. The monoisotopic (exact) mass is 495 g/mol. The van der Waals surface area contributed by atoms with Crippen LogP contribution < -0.4 is 9.47 Å². The molecule has 4 atom stereocenters. The number of carbonyl (C=O) groups excluding carboxylic acids is 1. The Morgan fingerprint density at radius 2 is 1.97 bits per heavy atom. The van der Waals surface area contributed by atoms with Gasteiger partial charge in [-0.15, -0.1) is 0 Å². The number of carbonyl (C=O) groups is 1. The molecule has 0 saturated carbocycles. The number of rotatable bonds is 3. The second-order valence-corrected chi connectivity index (χ2v) is 9.53. The molecule has 6 nitrogen and oxygen atoms in total. The highest BCUT2D eigenvalue weighted by Gasteiger charge is 2.50. The first kappa shape index (κ1) is 20.0. The van der Waals surface area contributed by atoms with Crippen LogP contribution in [0.2, 0.25) is 0 Å². The lowest BCUT2D eigenvalue weighted by Gasteiger charge is -2.45. The standard InChI is InChI=1S/C25H22BrNO5/c26-17-4-1-14(2-5-17)3-6-22(29)32-25-19(28)9-15-7-8-27-12-16-10-20-21(31-13-30-20)11-18(16)23(25)24(15)27/h1-6,9-11,19,23-25,28H,7-8,12-13H2/b6-3+/t19-,23?,24?,25+/m0/s1. The summed E-state index contributed by atoms with van der Waals surface area (Å²) in [5.74, 6) is 0.836. The summed E-state index contributed by atoms with van der Waals surface area (Å²) >= 11 is 3.41. The molecule has 2 aromatic carbocycles. The van der Waals surface area contributed by atoms with Gasteiger partial charge in [-0.1, -0.05) is 39.7 Å². The van der Waals surface area contributed by atoms with Crippen LogP contribution in [0.5, 0.6) is 11.5 Å². The SMILES string of the molecule is O=C(/C=C/c1ccc(Br)cc1)O[C@H]1C2c3cc4c(cc3CN3CCC(=C[C@@H]1O)C23)OCO4. The van der Waals surface area contributed by atoms with Crippen molar-refractivity contribution >= 4 is 28.0 Å². The maximum absolute atomic E-state index is 12.7. The third-order valence-corrected chi connectivity index (χ3v) is 7.31. The van der Waals surface area contributed by atoms with E-state index in [0.29, 0.717) is 5.75 Å². The van der Waals surface area contributed by atoms with Crippen molar-refractivity contribution in [3.63, 3.8) is 0 Å². The van der Waals surface area contributed by atoms with Crippen molar-refractivity contribution in [3.8, 4) is 11.5 Å². The molecule has 1 N–H and O–H groups in total. The molecule has 2 aromatic rings. The molecule has 0 bridgehead atoms. The molecule has 7 heteroatoms. The number of aliphatic hydroxyl groups is 1. The first-order valence-electron chi connectivity index (χ1n) is 10.8. The first-order chi connectivity index (χ1) is 15.6. The topological polar surface area (TPSA) is 68.2 Å². The van der Waals surface area contributed by atoms with Crippen LogP contribution in [0, 0.1) is 0 Å². The smallest absolute Gasteiger partial charge is 0.331 e. The van der Waals surface area contributed by atoms with Crippen LogP contribution in [-0.4, -0.2) is 47.6 Å². The van der Waals surface area contributed by atoms with Gasteiger partial charge in [0.05, 0.1) is 0 Å². The van der Waals surface area contributed by atoms with E-state index in [9.17, 15) is 9.90 Å². The molecule has 0 spiro atoms. The summed E-state index contributed by atoms with van der Waals surface area (Å²) in [6.07, 6.45) is 4.42. The van der Waals surface area contributed by atoms with Crippen LogP contribution in [0.25, 0.3) is 6.08 Å². The van der Waals surface area contributed by atoms with Gasteiger partial charge in [0.25, 0.3) is 0 Å². The molecule has 6 rings (SSSR count). The van der Waals surface area contributed by atoms with Crippen LogP contribution in [0.15, 0.2) is 58.6 Å². The predicted octanol–water partition coefficient (Wildman–Crippen LogP) is 3.78. The lowest BCUT2D eigenvalue weighted by atomic mass is 9.73. The van der Waals surface area contributed by atoms with Crippen LogP contribution >= 0.6 is 15.9 Å². The molecule has 3 heterocycles. The molecule has 1 fully saturated rings. The van der Waals surface area contributed by atoms with Gasteiger partial charge in [0.2, 0.25) is 6.79 Å². The predicted molar refractivity (Wildman–Crippen MR) is 121 cm³/mol. The van der Waals surface area contributed by atoms with E-state index in [2.05, 4.69) is 20.8 Å². The molecule has 1 saturated heterocycles. The van der Waals surface area contributed by atoms with E-state index in [1.807, 2.05) is 42.5 Å². The van der Waals surface area contributed by atoms with Crippen LogP contribution in [-0.2, 0) is 16.1 Å². The van der Waals surface area contributed by atoms with E-state index < -0.39 is 18.2 Å². The van der Waals surface area contributed by atoms with Gasteiger partial charge in [-0.2, -0.15) is 0 Å². The van der Waals surface area contributed by atoms with Crippen molar-refractivity contribution < 1.29 is 24.1 Å². The van der Waals surface area contributed by atoms with Crippen molar-refractivity contribution in [2.45, 2.75) is 37.1 Å². The number of esters is 1. The minimum atomic E-state index is -0.854. The molecule has 3 aliphatic heterocycles. The van der Waals surface area contributed by atoms with E-state index in [0.717, 1.165) is 46.4 Å². The van der Waals surface area contributed by atoms with E-state index >= 15 is 0 Å². The number of nitrogens with zero attached hydrogens (tertiary/aromatic N) is 1. The minimum Gasteiger partial charge on any atom is -0.455 e. The zero-order valence-electron chi connectivity index (χ0n) is 17.2. The van der Waals surface area contributed by atoms with Gasteiger partial charge in [-0.05, 0) is 53.5 Å². The second-order valence-electron chi connectivity index (χ2n) is 8.61. The summed E-state index contributed by atoms with van der Waals surface area (Å²) in [5.41, 5.74) is 4.33. The van der Waals surface area contributed by atoms with E-state index in [4.69, 9.17) is 14.2 Å². The number of halogens is 1. The van der Waals surface area contributed by atoms with Crippen molar-refractivity contribution in [3.05, 3.63) is 75.3 Å². The molecule has 0 aromatic heterocycles. The molecule has 164 valence electrons. The Kier molecular flexibility index (Phi) is 4.86. The Morgan fingerprint density at radius 3 is 2.78 bits per heavy atom. The second kappa shape index (κ2) is 7.76. The summed E-state index contributed by atoms with van der Waals surface area (Å²) in [6, 6.07) is 11.8. The normalized spacial score (nSPS) is 27.8. The molecular formula is C25H22BrNO5. The summed E-state index contributed by atoms with van der Waals surface area (Å²) in [6.45, 7) is 1.95. The van der Waals surface area contributed by atoms with Crippen molar-refractivity contribution in [2.75, 3.05) is 13.3 Å². The zero-order chi connectivity index (χ0) is 21.8. The number of fused-ring (bicyclic) bond motifs is 3. The number of hydrogen-bond donors (Lipinski definition) is 1. The largest absolute Gasteiger partial charge is 0.455 e. The highest BCUT2D eigenvalue weighted by Crippen LogP contribution is 2.50.